The van der Waals surface area contributed by atoms with Crippen molar-refractivity contribution in [3.8, 4) is 0 Å². The molecule has 138 valence electrons. The summed E-state index contributed by atoms with van der Waals surface area (Å²) in [5.74, 6) is 0.124. The molecule has 0 aliphatic carbocycles. The number of benzene rings is 2. The van der Waals surface area contributed by atoms with E-state index in [0.29, 0.717) is 6.04 Å². The van der Waals surface area contributed by atoms with Crippen LogP contribution in [0.2, 0.25) is 0 Å². The third-order valence-corrected chi connectivity index (χ3v) is 6.17. The highest BCUT2D eigenvalue weighted by Gasteiger charge is 2.29. The maximum absolute atomic E-state index is 7.80. The van der Waals surface area contributed by atoms with E-state index in [-0.39, 0.29) is 18.2 Å². The Morgan fingerprint density at radius 3 is 2.54 bits per heavy atom. The minimum atomic E-state index is 0. The molecule has 1 saturated heterocycles. The summed E-state index contributed by atoms with van der Waals surface area (Å²) in [6, 6.07) is 15.1. The molecule has 0 spiro atoms. The molecule has 4 rings (SSSR count). The first-order valence-corrected chi connectivity index (χ1v) is 9.72. The molecule has 0 amide bonds. The van der Waals surface area contributed by atoms with Gasteiger partial charge in [0.15, 0.2) is 0 Å². The van der Waals surface area contributed by atoms with E-state index in [9.17, 15) is 0 Å². The van der Waals surface area contributed by atoms with Crippen molar-refractivity contribution in [2.75, 3.05) is 24.5 Å². The fraction of sp³-hybridized carbons (Fsp3) is 0.350. The molecule has 4 nitrogen and oxygen atoms in total. The minimum Gasteiger partial charge on any atom is -0.384 e. The molecular formula is C20H25ClN4S. The zero-order chi connectivity index (χ0) is 17.4. The fourth-order valence-electron chi connectivity index (χ4n) is 3.85. The molecule has 3 N–H and O–H groups in total. The third kappa shape index (κ3) is 3.56. The van der Waals surface area contributed by atoms with E-state index >= 15 is 0 Å². The number of anilines is 2. The SMILES string of the molecule is C[C@H](CN1CCCC1)N1c2ccccc2Sc2ccc(C(=N)N)cc21.Cl. The molecule has 1 fully saturated rings. The number of nitrogen functional groups attached to an aromatic ring is 1. The van der Waals surface area contributed by atoms with Crippen LogP contribution in [0.25, 0.3) is 0 Å². The normalized spacial score (nSPS) is 17.2. The number of hydrogen-bond donors (Lipinski definition) is 2. The van der Waals surface area contributed by atoms with Crippen LogP contribution in [0.15, 0.2) is 52.3 Å². The zero-order valence-corrected chi connectivity index (χ0v) is 16.6. The molecule has 0 aromatic heterocycles. The van der Waals surface area contributed by atoms with Crippen LogP contribution in [0.4, 0.5) is 11.4 Å². The summed E-state index contributed by atoms with van der Waals surface area (Å²) in [6.45, 7) is 5.77. The van der Waals surface area contributed by atoms with Crippen LogP contribution in [-0.2, 0) is 0 Å². The average molecular weight is 389 g/mol. The number of halogens is 1. The van der Waals surface area contributed by atoms with Gasteiger partial charge in [0.2, 0.25) is 0 Å². The number of hydrogen-bond acceptors (Lipinski definition) is 4. The number of nitrogens with zero attached hydrogens (tertiary/aromatic N) is 2. The second kappa shape index (κ2) is 7.91. The lowest BCUT2D eigenvalue weighted by Crippen LogP contribution is -2.40. The Balaban J connectivity index is 0.00000196. The van der Waals surface area contributed by atoms with Crippen molar-refractivity contribution in [3.05, 3.63) is 48.0 Å². The van der Waals surface area contributed by atoms with Gasteiger partial charge in [-0.2, -0.15) is 0 Å². The molecule has 6 heteroatoms. The van der Waals surface area contributed by atoms with Crippen LogP contribution in [0, 0.1) is 5.41 Å². The standard InChI is InChI=1S/C20H24N4S.ClH/c1-14(13-23-10-4-5-11-23)24-16-6-2-3-7-18(16)25-19-9-8-15(20(21)22)12-17(19)24;/h2-3,6-9,12,14H,4-5,10-11,13H2,1H3,(H3,21,22);1H/t14-;/m1./s1. The monoisotopic (exact) mass is 388 g/mol. The molecule has 2 aromatic carbocycles. The summed E-state index contributed by atoms with van der Waals surface area (Å²) >= 11 is 1.80. The number of amidine groups is 1. The van der Waals surface area contributed by atoms with Crippen molar-refractivity contribution < 1.29 is 0 Å². The van der Waals surface area contributed by atoms with Crippen molar-refractivity contribution in [2.45, 2.75) is 35.6 Å². The van der Waals surface area contributed by atoms with Crippen LogP contribution in [0.5, 0.6) is 0 Å². The Bertz CT molecular complexity index is 804. The molecule has 2 heterocycles. The molecule has 1 atom stereocenters. The van der Waals surface area contributed by atoms with Gasteiger partial charge in [-0.3, -0.25) is 5.41 Å². The first kappa shape index (κ1) is 19.1. The molecule has 26 heavy (non-hydrogen) atoms. The van der Waals surface area contributed by atoms with Crippen LogP contribution >= 0.6 is 24.2 Å². The Morgan fingerprint density at radius 2 is 1.81 bits per heavy atom. The van der Waals surface area contributed by atoms with E-state index in [2.05, 4.69) is 53.1 Å². The summed E-state index contributed by atoms with van der Waals surface area (Å²) in [7, 11) is 0. The van der Waals surface area contributed by atoms with Gasteiger partial charge in [0.25, 0.3) is 0 Å². The summed E-state index contributed by atoms with van der Waals surface area (Å²) in [5.41, 5.74) is 8.96. The molecule has 2 aliphatic heterocycles. The molecule has 2 aromatic rings. The van der Waals surface area contributed by atoms with Gasteiger partial charge in [0, 0.05) is 27.9 Å². The molecule has 2 aliphatic rings. The predicted molar refractivity (Wildman–Crippen MR) is 113 cm³/mol. The van der Waals surface area contributed by atoms with E-state index in [1.54, 1.807) is 11.8 Å². The molecule has 0 radical (unpaired) electrons. The highest BCUT2D eigenvalue weighted by molar-refractivity contribution is 7.99. The van der Waals surface area contributed by atoms with Crippen LogP contribution < -0.4 is 10.6 Å². The van der Waals surface area contributed by atoms with Crippen molar-refractivity contribution in [2.24, 2.45) is 5.73 Å². The Kier molecular flexibility index (Phi) is 5.80. The number of rotatable bonds is 4. The van der Waals surface area contributed by atoms with Gasteiger partial charge in [-0.05, 0) is 57.1 Å². The number of fused-ring (bicyclic) bond motifs is 2. The summed E-state index contributed by atoms with van der Waals surface area (Å²) in [5, 5.41) is 7.80. The van der Waals surface area contributed by atoms with Gasteiger partial charge in [-0.1, -0.05) is 30.0 Å². The number of nitrogens with one attached hydrogen (secondary N) is 1. The van der Waals surface area contributed by atoms with E-state index in [0.717, 1.165) is 12.1 Å². The second-order valence-electron chi connectivity index (χ2n) is 6.89. The van der Waals surface area contributed by atoms with Crippen molar-refractivity contribution >= 4 is 41.4 Å². The van der Waals surface area contributed by atoms with Gasteiger partial charge < -0.3 is 15.5 Å². The van der Waals surface area contributed by atoms with Gasteiger partial charge in [0.05, 0.1) is 11.4 Å². The van der Waals surface area contributed by atoms with Crippen molar-refractivity contribution in [1.29, 1.82) is 5.41 Å². The fourth-order valence-corrected chi connectivity index (χ4v) is 4.90. The lowest BCUT2D eigenvalue weighted by atomic mass is 10.1. The van der Waals surface area contributed by atoms with Gasteiger partial charge in [0.1, 0.15) is 5.84 Å². The highest BCUT2D eigenvalue weighted by Crippen LogP contribution is 2.49. The molecule has 0 saturated carbocycles. The molecule has 0 bridgehead atoms. The highest BCUT2D eigenvalue weighted by atomic mass is 35.5. The summed E-state index contributed by atoms with van der Waals surface area (Å²) in [4.78, 5) is 7.52. The summed E-state index contributed by atoms with van der Waals surface area (Å²) < 4.78 is 0. The molecular weight excluding hydrogens is 364 g/mol. The summed E-state index contributed by atoms with van der Waals surface area (Å²) in [6.07, 6.45) is 2.62. The Morgan fingerprint density at radius 1 is 1.12 bits per heavy atom. The quantitative estimate of drug-likeness (QED) is 0.599. The number of nitrogens with two attached hydrogens (primary N) is 1. The van der Waals surface area contributed by atoms with E-state index in [1.807, 2.05) is 6.07 Å². The van der Waals surface area contributed by atoms with Crippen molar-refractivity contribution in [3.63, 3.8) is 0 Å². The third-order valence-electron chi connectivity index (χ3n) is 5.04. The second-order valence-corrected chi connectivity index (χ2v) is 7.98. The maximum atomic E-state index is 7.80. The average Bonchev–Trinajstić information content (AvgIpc) is 3.11. The lowest BCUT2D eigenvalue weighted by Gasteiger charge is -2.39. The topological polar surface area (TPSA) is 56.4 Å². The largest absolute Gasteiger partial charge is 0.384 e. The Hall–Kier alpha value is -1.69. The predicted octanol–water partition coefficient (Wildman–Crippen LogP) is 4.48. The first-order valence-electron chi connectivity index (χ1n) is 8.90. The van der Waals surface area contributed by atoms with E-state index in [1.165, 1.54) is 47.1 Å². The van der Waals surface area contributed by atoms with E-state index in [4.69, 9.17) is 11.1 Å². The van der Waals surface area contributed by atoms with Crippen LogP contribution in [-0.4, -0.2) is 36.4 Å². The van der Waals surface area contributed by atoms with Crippen molar-refractivity contribution in [1.82, 2.24) is 4.90 Å². The number of likely N-dealkylation sites (tertiary alicyclic amines) is 1. The lowest BCUT2D eigenvalue weighted by molar-refractivity contribution is 0.319. The maximum Gasteiger partial charge on any atom is 0.122 e. The van der Waals surface area contributed by atoms with E-state index < -0.39 is 0 Å². The molecule has 0 unspecified atom stereocenters. The van der Waals surface area contributed by atoms with Crippen LogP contribution in [0.3, 0.4) is 0 Å². The minimum absolute atomic E-state index is 0. The van der Waals surface area contributed by atoms with Crippen LogP contribution in [0.1, 0.15) is 25.3 Å². The number of para-hydroxylation sites is 1. The van der Waals surface area contributed by atoms with Gasteiger partial charge in [-0.15, -0.1) is 12.4 Å². The zero-order valence-electron chi connectivity index (χ0n) is 14.9. The Labute approximate surface area is 165 Å². The first-order chi connectivity index (χ1) is 12.1. The smallest absolute Gasteiger partial charge is 0.122 e. The van der Waals surface area contributed by atoms with Gasteiger partial charge >= 0.3 is 0 Å². The van der Waals surface area contributed by atoms with Gasteiger partial charge in [-0.25, -0.2) is 0 Å².